The number of rotatable bonds is 8. The van der Waals surface area contributed by atoms with Crippen LogP contribution < -0.4 is 10.1 Å². The number of carbonyl (C=O) groups excluding carboxylic acids is 1. The third-order valence-corrected chi connectivity index (χ3v) is 8.17. The molecule has 2 aromatic rings. The fraction of sp³-hybridized carbons (Fsp3) is 0.480. The minimum Gasteiger partial charge on any atom is -0.497 e. The number of nitrogens with one attached hydrogen (secondary N) is 1. The number of nitrogens with zero attached hydrogens (tertiary/aromatic N) is 2. The number of ether oxygens (including phenoxy) is 2. The molecule has 34 heavy (non-hydrogen) atoms. The highest BCUT2D eigenvalue weighted by Crippen LogP contribution is 2.26. The Labute approximate surface area is 201 Å². The molecule has 2 aliphatic rings. The number of methoxy groups -OCH3 is 1. The number of carbonyl (C=O) groups is 1. The van der Waals surface area contributed by atoms with E-state index in [0.29, 0.717) is 32.8 Å². The second-order valence-electron chi connectivity index (χ2n) is 8.68. The van der Waals surface area contributed by atoms with Crippen molar-refractivity contribution in [3.8, 4) is 5.75 Å². The van der Waals surface area contributed by atoms with Crippen LogP contribution in [0, 0.1) is 0 Å². The Bertz CT molecular complexity index is 1030. The Hall–Kier alpha value is -2.46. The van der Waals surface area contributed by atoms with Gasteiger partial charge in [0, 0.05) is 32.7 Å². The van der Waals surface area contributed by atoms with Crippen LogP contribution >= 0.6 is 0 Å². The van der Waals surface area contributed by atoms with Gasteiger partial charge in [-0.05, 0) is 23.3 Å². The predicted octanol–water partition coefficient (Wildman–Crippen LogP) is 1.66. The highest BCUT2D eigenvalue weighted by atomic mass is 32.2. The molecule has 0 saturated carbocycles. The van der Waals surface area contributed by atoms with Crippen molar-refractivity contribution in [2.75, 3.05) is 64.6 Å². The number of morpholine rings is 1. The Morgan fingerprint density at radius 3 is 2.21 bits per heavy atom. The van der Waals surface area contributed by atoms with Gasteiger partial charge >= 0.3 is 0 Å². The lowest BCUT2D eigenvalue weighted by atomic mass is 10.0. The second-order valence-corrected chi connectivity index (χ2v) is 11.0. The highest BCUT2D eigenvalue weighted by Gasteiger charge is 2.33. The largest absolute Gasteiger partial charge is 0.497 e. The SMILES string of the molecule is COc1ccc(C(CNC(=O)C(c2ccccc2)N2CCS(=O)(=O)CC2)N2CCOCC2)cc1. The first-order valence-corrected chi connectivity index (χ1v) is 13.5. The molecule has 184 valence electrons. The van der Waals surface area contributed by atoms with E-state index >= 15 is 0 Å². The summed E-state index contributed by atoms with van der Waals surface area (Å²) in [5.41, 5.74) is 1.97. The molecule has 4 rings (SSSR count). The maximum absolute atomic E-state index is 13.6. The van der Waals surface area contributed by atoms with Crippen molar-refractivity contribution in [1.29, 1.82) is 0 Å². The second kappa shape index (κ2) is 11.3. The lowest BCUT2D eigenvalue weighted by Gasteiger charge is -2.36. The van der Waals surface area contributed by atoms with Crippen molar-refractivity contribution in [3.63, 3.8) is 0 Å². The van der Waals surface area contributed by atoms with Crippen LogP contribution in [0.15, 0.2) is 54.6 Å². The van der Waals surface area contributed by atoms with Crippen LogP contribution in [0.4, 0.5) is 0 Å². The molecule has 8 nitrogen and oxygen atoms in total. The Morgan fingerprint density at radius 1 is 0.941 bits per heavy atom. The molecule has 0 aromatic heterocycles. The molecule has 2 atom stereocenters. The van der Waals surface area contributed by atoms with Crippen LogP contribution in [0.1, 0.15) is 23.2 Å². The average Bonchev–Trinajstić information content (AvgIpc) is 2.87. The van der Waals surface area contributed by atoms with Crippen molar-refractivity contribution in [2.45, 2.75) is 12.1 Å². The Balaban J connectivity index is 1.52. The van der Waals surface area contributed by atoms with E-state index < -0.39 is 15.9 Å². The monoisotopic (exact) mass is 487 g/mol. The molecule has 0 spiro atoms. The molecule has 2 aliphatic heterocycles. The number of hydrogen-bond acceptors (Lipinski definition) is 7. The molecule has 0 radical (unpaired) electrons. The topological polar surface area (TPSA) is 88.2 Å². The first-order valence-electron chi connectivity index (χ1n) is 11.7. The molecule has 2 fully saturated rings. The summed E-state index contributed by atoms with van der Waals surface area (Å²) in [7, 11) is -1.40. The molecular formula is C25H33N3O5S. The van der Waals surface area contributed by atoms with Gasteiger partial charge in [-0.3, -0.25) is 14.6 Å². The Morgan fingerprint density at radius 2 is 1.59 bits per heavy atom. The number of benzene rings is 2. The summed E-state index contributed by atoms with van der Waals surface area (Å²) in [6.07, 6.45) is 0. The number of amides is 1. The lowest BCUT2D eigenvalue weighted by Crippen LogP contribution is -2.49. The smallest absolute Gasteiger partial charge is 0.242 e. The van der Waals surface area contributed by atoms with Crippen molar-refractivity contribution < 1.29 is 22.7 Å². The van der Waals surface area contributed by atoms with Gasteiger partial charge in [-0.1, -0.05) is 42.5 Å². The minimum atomic E-state index is -3.04. The van der Waals surface area contributed by atoms with Crippen LogP contribution in [0.5, 0.6) is 5.75 Å². The van der Waals surface area contributed by atoms with Gasteiger partial charge in [-0.15, -0.1) is 0 Å². The van der Waals surface area contributed by atoms with E-state index in [1.54, 1.807) is 7.11 Å². The summed E-state index contributed by atoms with van der Waals surface area (Å²) in [5.74, 6) is 0.826. The lowest BCUT2D eigenvalue weighted by molar-refractivity contribution is -0.127. The normalized spacial score (nSPS) is 20.9. The summed E-state index contributed by atoms with van der Waals surface area (Å²) in [5, 5.41) is 3.18. The van der Waals surface area contributed by atoms with E-state index in [0.717, 1.165) is 30.0 Å². The van der Waals surface area contributed by atoms with E-state index in [4.69, 9.17) is 9.47 Å². The minimum absolute atomic E-state index is 0.00286. The van der Waals surface area contributed by atoms with Crippen LogP contribution in [0.2, 0.25) is 0 Å². The summed E-state index contributed by atoms with van der Waals surface area (Å²) in [6, 6.07) is 17.0. The molecule has 2 saturated heterocycles. The fourth-order valence-electron chi connectivity index (χ4n) is 4.62. The third kappa shape index (κ3) is 6.15. The van der Waals surface area contributed by atoms with Gasteiger partial charge in [0.25, 0.3) is 0 Å². The van der Waals surface area contributed by atoms with Crippen LogP contribution in [-0.4, -0.2) is 88.7 Å². The van der Waals surface area contributed by atoms with E-state index in [1.165, 1.54) is 0 Å². The van der Waals surface area contributed by atoms with Crippen LogP contribution in [0.25, 0.3) is 0 Å². The summed E-state index contributed by atoms with van der Waals surface area (Å²) in [6.45, 7) is 4.05. The molecule has 2 aromatic carbocycles. The van der Waals surface area contributed by atoms with Crippen molar-refractivity contribution in [1.82, 2.24) is 15.1 Å². The third-order valence-electron chi connectivity index (χ3n) is 6.56. The van der Waals surface area contributed by atoms with Crippen molar-refractivity contribution >= 4 is 15.7 Å². The maximum Gasteiger partial charge on any atom is 0.242 e. The predicted molar refractivity (Wildman–Crippen MR) is 131 cm³/mol. The van der Waals surface area contributed by atoms with Gasteiger partial charge in [0.1, 0.15) is 11.8 Å². The number of sulfone groups is 1. The fourth-order valence-corrected chi connectivity index (χ4v) is 5.84. The average molecular weight is 488 g/mol. The van der Waals surface area contributed by atoms with Crippen molar-refractivity contribution in [2.24, 2.45) is 0 Å². The molecule has 1 N–H and O–H groups in total. The van der Waals surface area contributed by atoms with Gasteiger partial charge < -0.3 is 14.8 Å². The van der Waals surface area contributed by atoms with Crippen LogP contribution in [-0.2, 0) is 19.4 Å². The zero-order chi connectivity index (χ0) is 24.0. The first kappa shape index (κ1) is 24.7. The maximum atomic E-state index is 13.6. The first-order chi connectivity index (χ1) is 16.5. The van der Waals surface area contributed by atoms with Gasteiger partial charge in [0.05, 0.1) is 37.9 Å². The molecule has 1 amide bonds. The van der Waals surface area contributed by atoms with Gasteiger partial charge in [0.2, 0.25) is 5.91 Å². The molecular weight excluding hydrogens is 454 g/mol. The molecule has 2 unspecified atom stereocenters. The zero-order valence-corrected chi connectivity index (χ0v) is 20.4. The summed E-state index contributed by atoms with van der Waals surface area (Å²) >= 11 is 0. The molecule has 2 heterocycles. The van der Waals surface area contributed by atoms with Crippen molar-refractivity contribution in [3.05, 3.63) is 65.7 Å². The van der Waals surface area contributed by atoms with Crippen LogP contribution in [0.3, 0.4) is 0 Å². The molecule has 9 heteroatoms. The zero-order valence-electron chi connectivity index (χ0n) is 19.6. The quantitative estimate of drug-likeness (QED) is 0.606. The highest BCUT2D eigenvalue weighted by molar-refractivity contribution is 7.91. The van der Waals surface area contributed by atoms with E-state index in [9.17, 15) is 13.2 Å². The van der Waals surface area contributed by atoms with E-state index in [1.807, 2.05) is 59.5 Å². The molecule has 0 aliphatic carbocycles. The van der Waals surface area contributed by atoms with E-state index in [-0.39, 0.29) is 23.5 Å². The van der Waals surface area contributed by atoms with Gasteiger partial charge in [0.15, 0.2) is 9.84 Å². The summed E-state index contributed by atoms with van der Waals surface area (Å²) in [4.78, 5) is 17.9. The summed E-state index contributed by atoms with van der Waals surface area (Å²) < 4.78 is 34.8. The standard InChI is InChI=1S/C25H33N3O5S/c1-32-22-9-7-20(8-10-22)23(27-11-15-33-16-12-27)19-26-25(29)24(21-5-3-2-4-6-21)28-13-17-34(30,31)18-14-28/h2-10,23-24H,11-19H2,1H3,(H,26,29). The van der Waals surface area contributed by atoms with E-state index in [2.05, 4.69) is 10.2 Å². The van der Waals surface area contributed by atoms with Gasteiger partial charge in [-0.2, -0.15) is 0 Å². The van der Waals surface area contributed by atoms with Gasteiger partial charge in [-0.25, -0.2) is 8.42 Å². The molecule has 0 bridgehead atoms. The Kier molecular flexibility index (Phi) is 8.20. The number of hydrogen-bond donors (Lipinski definition) is 1.